The Kier molecular flexibility index (Phi) is 3.00. The van der Waals surface area contributed by atoms with Gasteiger partial charge in [0.25, 0.3) is 0 Å². The topological polar surface area (TPSA) is 59.5 Å². The molecule has 0 unspecified atom stereocenters. The summed E-state index contributed by atoms with van der Waals surface area (Å²) in [6.45, 7) is 3.20. The van der Waals surface area contributed by atoms with E-state index in [1.807, 2.05) is 12.3 Å². The zero-order valence-electron chi connectivity index (χ0n) is 11.5. The minimum absolute atomic E-state index is 0.333. The molecule has 6 nitrogen and oxygen atoms in total. The zero-order chi connectivity index (χ0) is 13.4. The summed E-state index contributed by atoms with van der Waals surface area (Å²) in [6, 6.07) is 2.55. The minimum atomic E-state index is -0.333. The number of piperidine rings is 1. The fourth-order valence-corrected chi connectivity index (χ4v) is 2.85. The van der Waals surface area contributed by atoms with Crippen molar-refractivity contribution < 1.29 is 9.47 Å². The van der Waals surface area contributed by atoms with E-state index in [-0.39, 0.29) is 5.79 Å². The van der Waals surface area contributed by atoms with Gasteiger partial charge in [-0.1, -0.05) is 0 Å². The summed E-state index contributed by atoms with van der Waals surface area (Å²) >= 11 is 0. The van der Waals surface area contributed by atoms with Crippen molar-refractivity contribution in [2.45, 2.75) is 37.5 Å². The van der Waals surface area contributed by atoms with Gasteiger partial charge in [-0.3, -0.25) is 0 Å². The molecule has 108 valence electrons. The summed E-state index contributed by atoms with van der Waals surface area (Å²) in [5.41, 5.74) is 0. The normalized spacial score (nSPS) is 25.1. The number of hydrogen-bond acceptors (Lipinski definition) is 6. The Morgan fingerprint density at radius 1 is 1.20 bits per heavy atom. The number of anilines is 2. The maximum atomic E-state index is 5.75. The van der Waals surface area contributed by atoms with Gasteiger partial charge in [0.15, 0.2) is 5.79 Å². The van der Waals surface area contributed by atoms with Gasteiger partial charge in [-0.05, 0) is 18.9 Å². The average Bonchev–Trinajstić information content (AvgIpc) is 3.18. The van der Waals surface area contributed by atoms with Crippen LogP contribution in [0.5, 0.6) is 0 Å². The first-order chi connectivity index (χ1) is 9.83. The van der Waals surface area contributed by atoms with E-state index in [1.165, 1.54) is 12.8 Å². The molecule has 3 aliphatic rings. The first-order valence-electron chi connectivity index (χ1n) is 7.45. The van der Waals surface area contributed by atoms with E-state index in [9.17, 15) is 0 Å². The van der Waals surface area contributed by atoms with E-state index in [4.69, 9.17) is 9.47 Å². The van der Waals surface area contributed by atoms with Crippen LogP contribution in [0, 0.1) is 0 Å². The van der Waals surface area contributed by atoms with Crippen LogP contribution in [0.3, 0.4) is 0 Å². The van der Waals surface area contributed by atoms with E-state index in [2.05, 4.69) is 20.2 Å². The molecule has 0 bridgehead atoms. The summed E-state index contributed by atoms with van der Waals surface area (Å²) < 4.78 is 11.5. The van der Waals surface area contributed by atoms with Gasteiger partial charge in [0.2, 0.25) is 5.95 Å². The molecule has 2 saturated heterocycles. The van der Waals surface area contributed by atoms with Crippen LogP contribution in [-0.4, -0.2) is 48.1 Å². The van der Waals surface area contributed by atoms with Gasteiger partial charge in [-0.2, -0.15) is 4.98 Å². The highest BCUT2D eigenvalue weighted by atomic mass is 16.7. The molecule has 1 saturated carbocycles. The number of aromatic nitrogens is 2. The lowest BCUT2D eigenvalue weighted by Crippen LogP contribution is -2.45. The monoisotopic (exact) mass is 276 g/mol. The second kappa shape index (κ2) is 4.86. The lowest BCUT2D eigenvalue weighted by molar-refractivity contribution is -0.169. The highest BCUT2D eigenvalue weighted by molar-refractivity contribution is 5.43. The lowest BCUT2D eigenvalue weighted by Gasteiger charge is -2.37. The maximum absolute atomic E-state index is 5.75. The maximum Gasteiger partial charge on any atom is 0.227 e. The highest BCUT2D eigenvalue weighted by Crippen LogP contribution is 2.32. The Morgan fingerprint density at radius 2 is 1.95 bits per heavy atom. The molecular formula is C14H20N4O2. The molecule has 0 amide bonds. The van der Waals surface area contributed by atoms with Gasteiger partial charge in [-0.25, -0.2) is 4.98 Å². The Morgan fingerprint density at radius 3 is 2.65 bits per heavy atom. The zero-order valence-corrected chi connectivity index (χ0v) is 11.5. The fraction of sp³-hybridized carbons (Fsp3) is 0.714. The quantitative estimate of drug-likeness (QED) is 0.900. The smallest absolute Gasteiger partial charge is 0.227 e. The average molecular weight is 276 g/mol. The summed E-state index contributed by atoms with van der Waals surface area (Å²) in [4.78, 5) is 11.2. The molecule has 1 aromatic rings. The number of hydrogen-bond donors (Lipinski definition) is 1. The molecule has 20 heavy (non-hydrogen) atoms. The fourth-order valence-electron chi connectivity index (χ4n) is 2.85. The third-order valence-electron chi connectivity index (χ3n) is 4.19. The van der Waals surface area contributed by atoms with Crippen LogP contribution < -0.4 is 10.2 Å². The lowest BCUT2D eigenvalue weighted by atomic mass is 10.0. The van der Waals surface area contributed by atoms with E-state index >= 15 is 0 Å². The van der Waals surface area contributed by atoms with Crippen LogP contribution in [0.1, 0.15) is 25.7 Å². The standard InChI is InChI=1S/C14H20N4O2/c1-2-11(1)16-12-3-6-15-13(17-12)18-7-4-14(5-8-18)19-9-10-20-14/h3,6,11H,1-2,4-5,7-10H2,(H,15,16,17). The van der Waals surface area contributed by atoms with E-state index in [0.717, 1.165) is 50.9 Å². The molecule has 1 aromatic heterocycles. The first-order valence-corrected chi connectivity index (χ1v) is 7.45. The molecule has 1 aliphatic carbocycles. The van der Waals surface area contributed by atoms with Gasteiger partial charge in [0, 0.05) is 38.2 Å². The van der Waals surface area contributed by atoms with Gasteiger partial charge < -0.3 is 19.7 Å². The summed E-state index contributed by atoms with van der Waals surface area (Å²) in [7, 11) is 0. The van der Waals surface area contributed by atoms with Crippen molar-refractivity contribution in [3.05, 3.63) is 12.3 Å². The molecule has 3 heterocycles. The number of nitrogens with one attached hydrogen (secondary N) is 1. The Balaban J connectivity index is 1.42. The first kappa shape index (κ1) is 12.3. The Labute approximate surface area is 118 Å². The van der Waals surface area contributed by atoms with E-state index in [1.54, 1.807) is 0 Å². The van der Waals surface area contributed by atoms with Crippen molar-refractivity contribution in [2.24, 2.45) is 0 Å². The second-order valence-electron chi connectivity index (χ2n) is 5.76. The molecule has 4 rings (SSSR count). The summed E-state index contributed by atoms with van der Waals surface area (Å²) in [5, 5.41) is 3.42. The van der Waals surface area contributed by atoms with Crippen molar-refractivity contribution in [1.82, 2.24) is 9.97 Å². The molecule has 0 radical (unpaired) electrons. The largest absolute Gasteiger partial charge is 0.367 e. The summed E-state index contributed by atoms with van der Waals surface area (Å²) in [6.07, 6.45) is 6.10. The van der Waals surface area contributed by atoms with Crippen LogP contribution in [0.25, 0.3) is 0 Å². The highest BCUT2D eigenvalue weighted by Gasteiger charge is 2.40. The third kappa shape index (κ3) is 2.45. The van der Waals surface area contributed by atoms with Gasteiger partial charge >= 0.3 is 0 Å². The van der Waals surface area contributed by atoms with Crippen molar-refractivity contribution >= 4 is 11.8 Å². The van der Waals surface area contributed by atoms with E-state index in [0.29, 0.717) is 6.04 Å². The van der Waals surface area contributed by atoms with Gasteiger partial charge in [0.05, 0.1) is 13.2 Å². The molecule has 0 aromatic carbocycles. The molecule has 6 heteroatoms. The summed E-state index contributed by atoms with van der Waals surface area (Å²) in [5.74, 6) is 1.41. The Hall–Kier alpha value is -1.40. The molecule has 0 atom stereocenters. The number of nitrogens with zero attached hydrogens (tertiary/aromatic N) is 3. The van der Waals surface area contributed by atoms with Crippen LogP contribution in [0.2, 0.25) is 0 Å². The van der Waals surface area contributed by atoms with Crippen LogP contribution >= 0.6 is 0 Å². The van der Waals surface area contributed by atoms with Gasteiger partial charge in [-0.15, -0.1) is 0 Å². The van der Waals surface area contributed by atoms with Crippen LogP contribution in [0.15, 0.2) is 12.3 Å². The van der Waals surface area contributed by atoms with Crippen molar-refractivity contribution in [3.63, 3.8) is 0 Å². The van der Waals surface area contributed by atoms with Crippen LogP contribution in [-0.2, 0) is 9.47 Å². The second-order valence-corrected chi connectivity index (χ2v) is 5.76. The van der Waals surface area contributed by atoms with E-state index < -0.39 is 0 Å². The van der Waals surface area contributed by atoms with Crippen molar-refractivity contribution in [2.75, 3.05) is 36.5 Å². The number of ether oxygens (including phenoxy) is 2. The van der Waals surface area contributed by atoms with Crippen molar-refractivity contribution in [1.29, 1.82) is 0 Å². The number of rotatable bonds is 3. The predicted molar refractivity (Wildman–Crippen MR) is 74.8 cm³/mol. The minimum Gasteiger partial charge on any atom is -0.367 e. The SMILES string of the molecule is c1cc(NC2CC2)nc(N2CCC3(CC2)OCCO3)n1. The molecule has 3 fully saturated rings. The van der Waals surface area contributed by atoms with Gasteiger partial charge in [0.1, 0.15) is 5.82 Å². The van der Waals surface area contributed by atoms with Crippen LogP contribution in [0.4, 0.5) is 11.8 Å². The molecular weight excluding hydrogens is 256 g/mol. The molecule has 1 N–H and O–H groups in total. The molecule has 2 aliphatic heterocycles. The van der Waals surface area contributed by atoms with Crippen molar-refractivity contribution in [3.8, 4) is 0 Å². The Bertz CT molecular complexity index is 476. The predicted octanol–water partition coefficient (Wildman–Crippen LogP) is 1.39. The molecule has 1 spiro atoms. The third-order valence-corrected chi connectivity index (χ3v) is 4.19.